The summed E-state index contributed by atoms with van der Waals surface area (Å²) in [5, 5.41) is 6.10. The van der Waals surface area contributed by atoms with E-state index in [9.17, 15) is 9.59 Å². The maximum atomic E-state index is 12.3. The lowest BCUT2D eigenvalue weighted by Gasteiger charge is -2.36. The first-order valence-electron chi connectivity index (χ1n) is 9.54. The number of rotatable bonds is 3. The molecule has 0 saturated carbocycles. The van der Waals surface area contributed by atoms with E-state index in [1.54, 1.807) is 24.3 Å². The van der Waals surface area contributed by atoms with E-state index in [1.165, 1.54) is 11.1 Å². The molecule has 2 aliphatic rings. The smallest absolute Gasteiger partial charge is 0.257 e. The van der Waals surface area contributed by atoms with Crippen molar-refractivity contribution in [3.63, 3.8) is 0 Å². The van der Waals surface area contributed by atoms with Crippen molar-refractivity contribution in [3.05, 3.63) is 82.6 Å². The molecule has 4 nitrogen and oxygen atoms in total. The molecule has 1 atom stereocenters. The number of amides is 1. The molecule has 1 unspecified atom stereocenters. The fourth-order valence-corrected chi connectivity index (χ4v) is 4.68. The number of nitrogens with one attached hydrogen (secondary N) is 2. The van der Waals surface area contributed by atoms with Crippen molar-refractivity contribution in [1.29, 1.82) is 0 Å². The zero-order chi connectivity index (χ0) is 19.6. The molecule has 0 heterocycles. The van der Waals surface area contributed by atoms with Crippen molar-refractivity contribution < 1.29 is 9.59 Å². The summed E-state index contributed by atoms with van der Waals surface area (Å²) in [5.41, 5.74) is 4.95. The maximum absolute atomic E-state index is 12.3. The highest BCUT2D eigenvalue weighted by Crippen LogP contribution is 2.49. The number of fused-ring (bicyclic) bond motifs is 2. The number of allylic oxidation sites excluding steroid dienone is 2. The number of thiocarbonyl (C=S) groups is 1. The van der Waals surface area contributed by atoms with Crippen LogP contribution >= 0.6 is 12.2 Å². The molecule has 4 rings (SSSR count). The summed E-state index contributed by atoms with van der Waals surface area (Å²) in [7, 11) is 0. The first-order valence-corrected chi connectivity index (χ1v) is 9.95. The third kappa shape index (κ3) is 3.50. The average molecular weight is 391 g/mol. The van der Waals surface area contributed by atoms with Crippen LogP contribution < -0.4 is 10.6 Å². The SMILES string of the molecule is O=CC1=C(NC(=S)NC(=O)c2ccccc2)CC2(CC1)CCc1ccccc12. The van der Waals surface area contributed by atoms with Gasteiger partial charge in [0.2, 0.25) is 0 Å². The van der Waals surface area contributed by atoms with Crippen LogP contribution in [0.1, 0.15) is 47.2 Å². The highest BCUT2D eigenvalue weighted by Gasteiger charge is 2.41. The summed E-state index contributed by atoms with van der Waals surface area (Å²) >= 11 is 5.36. The van der Waals surface area contributed by atoms with Crippen LogP contribution in [-0.2, 0) is 16.6 Å². The summed E-state index contributed by atoms with van der Waals surface area (Å²) < 4.78 is 0. The second kappa shape index (κ2) is 7.68. The minimum absolute atomic E-state index is 0.0461. The molecule has 0 saturated heterocycles. The summed E-state index contributed by atoms with van der Waals surface area (Å²) in [6.45, 7) is 0. The van der Waals surface area contributed by atoms with E-state index in [4.69, 9.17) is 12.2 Å². The lowest BCUT2D eigenvalue weighted by atomic mass is 9.70. The van der Waals surface area contributed by atoms with Gasteiger partial charge in [-0.1, -0.05) is 42.5 Å². The molecule has 1 amide bonds. The van der Waals surface area contributed by atoms with Crippen LogP contribution in [0.4, 0.5) is 0 Å². The van der Waals surface area contributed by atoms with Gasteiger partial charge in [-0.25, -0.2) is 0 Å². The number of carbonyl (C=O) groups excluding carboxylic acids is 2. The summed E-state index contributed by atoms with van der Waals surface area (Å²) in [6.07, 6.45) is 5.47. The Labute approximate surface area is 170 Å². The van der Waals surface area contributed by atoms with Crippen molar-refractivity contribution in [2.75, 3.05) is 0 Å². The monoisotopic (exact) mass is 390 g/mol. The van der Waals surface area contributed by atoms with Gasteiger partial charge in [0.25, 0.3) is 5.91 Å². The Balaban J connectivity index is 1.51. The van der Waals surface area contributed by atoms with Crippen LogP contribution in [0.15, 0.2) is 65.9 Å². The molecule has 28 heavy (non-hydrogen) atoms. The molecule has 0 aromatic heterocycles. The number of hydrogen-bond donors (Lipinski definition) is 2. The Kier molecular flexibility index (Phi) is 5.09. The van der Waals surface area contributed by atoms with Gasteiger partial charge in [0, 0.05) is 22.2 Å². The van der Waals surface area contributed by atoms with Gasteiger partial charge in [-0.15, -0.1) is 0 Å². The second-order valence-corrected chi connectivity index (χ2v) is 7.92. The van der Waals surface area contributed by atoms with E-state index < -0.39 is 0 Å². The summed E-state index contributed by atoms with van der Waals surface area (Å²) in [4.78, 5) is 24.0. The second-order valence-electron chi connectivity index (χ2n) is 7.51. The van der Waals surface area contributed by atoms with Crippen molar-refractivity contribution in [2.24, 2.45) is 0 Å². The van der Waals surface area contributed by atoms with E-state index >= 15 is 0 Å². The van der Waals surface area contributed by atoms with Crippen LogP contribution in [-0.4, -0.2) is 17.3 Å². The number of aldehydes is 1. The first-order chi connectivity index (χ1) is 13.6. The van der Waals surface area contributed by atoms with Crippen LogP contribution in [0, 0.1) is 0 Å². The largest absolute Gasteiger partial charge is 0.336 e. The van der Waals surface area contributed by atoms with Crippen LogP contribution in [0.25, 0.3) is 0 Å². The minimum Gasteiger partial charge on any atom is -0.336 e. The summed E-state index contributed by atoms with van der Waals surface area (Å²) in [5.74, 6) is -0.261. The standard InChI is InChI=1S/C23H22N2O2S/c26-15-18-11-13-23(12-10-16-6-4-5-9-19(16)23)14-20(18)24-22(28)25-21(27)17-7-2-1-3-8-17/h1-9,15H,10-14H2,(H2,24,25,27,28). The minimum atomic E-state index is -0.261. The molecular weight excluding hydrogens is 368 g/mol. The van der Waals surface area contributed by atoms with Crippen molar-refractivity contribution in [2.45, 2.75) is 37.5 Å². The molecule has 1 spiro atoms. The lowest BCUT2D eigenvalue weighted by molar-refractivity contribution is -0.105. The van der Waals surface area contributed by atoms with Gasteiger partial charge < -0.3 is 5.32 Å². The van der Waals surface area contributed by atoms with Gasteiger partial charge in [-0.05, 0) is 67.6 Å². The number of carbonyl (C=O) groups is 2. The van der Waals surface area contributed by atoms with Gasteiger partial charge in [-0.2, -0.15) is 0 Å². The number of benzene rings is 2. The third-order valence-electron chi connectivity index (χ3n) is 5.91. The average Bonchev–Trinajstić information content (AvgIpc) is 3.07. The van der Waals surface area contributed by atoms with E-state index in [2.05, 4.69) is 34.9 Å². The van der Waals surface area contributed by atoms with Gasteiger partial charge in [0.15, 0.2) is 5.11 Å². The van der Waals surface area contributed by atoms with Crippen molar-refractivity contribution >= 4 is 29.5 Å². The van der Waals surface area contributed by atoms with Gasteiger partial charge in [-0.3, -0.25) is 14.9 Å². The summed E-state index contributed by atoms with van der Waals surface area (Å²) in [6, 6.07) is 17.5. The maximum Gasteiger partial charge on any atom is 0.257 e. The first kappa shape index (κ1) is 18.6. The molecule has 142 valence electrons. The molecule has 0 radical (unpaired) electrons. The molecule has 5 heteroatoms. The highest BCUT2D eigenvalue weighted by molar-refractivity contribution is 7.80. The zero-order valence-corrected chi connectivity index (χ0v) is 16.4. The Morgan fingerprint density at radius 2 is 1.71 bits per heavy atom. The molecular formula is C23H22N2O2S. The lowest BCUT2D eigenvalue weighted by Crippen LogP contribution is -2.42. The molecule has 2 aliphatic carbocycles. The Morgan fingerprint density at radius 1 is 1.00 bits per heavy atom. The van der Waals surface area contributed by atoms with Crippen LogP contribution in [0.3, 0.4) is 0 Å². The fourth-order valence-electron chi connectivity index (χ4n) is 4.46. The normalized spacial score (nSPS) is 20.6. The third-order valence-corrected chi connectivity index (χ3v) is 6.11. The van der Waals surface area contributed by atoms with E-state index in [1.807, 2.05) is 6.07 Å². The van der Waals surface area contributed by atoms with Crippen molar-refractivity contribution in [3.8, 4) is 0 Å². The van der Waals surface area contributed by atoms with Crippen LogP contribution in [0.2, 0.25) is 0 Å². The predicted octanol–water partition coefficient (Wildman–Crippen LogP) is 3.81. The quantitative estimate of drug-likeness (QED) is 0.618. The molecule has 2 aromatic carbocycles. The Morgan fingerprint density at radius 3 is 2.50 bits per heavy atom. The van der Waals surface area contributed by atoms with Gasteiger partial charge >= 0.3 is 0 Å². The fraction of sp³-hybridized carbons (Fsp3) is 0.261. The van der Waals surface area contributed by atoms with E-state index in [0.717, 1.165) is 49.7 Å². The molecule has 0 fully saturated rings. The number of hydrogen-bond acceptors (Lipinski definition) is 3. The Hall–Kier alpha value is -2.79. The van der Waals surface area contributed by atoms with Crippen LogP contribution in [0.5, 0.6) is 0 Å². The zero-order valence-electron chi connectivity index (χ0n) is 15.5. The van der Waals surface area contributed by atoms with E-state index in [-0.39, 0.29) is 16.4 Å². The number of aryl methyl sites for hydroxylation is 1. The molecule has 2 N–H and O–H groups in total. The molecule has 0 aliphatic heterocycles. The predicted molar refractivity (Wildman–Crippen MR) is 113 cm³/mol. The topological polar surface area (TPSA) is 58.2 Å². The van der Waals surface area contributed by atoms with Gasteiger partial charge in [0.05, 0.1) is 0 Å². The highest BCUT2D eigenvalue weighted by atomic mass is 32.1. The van der Waals surface area contributed by atoms with E-state index in [0.29, 0.717) is 5.56 Å². The Bertz CT molecular complexity index is 968. The van der Waals surface area contributed by atoms with Gasteiger partial charge in [0.1, 0.15) is 6.29 Å². The van der Waals surface area contributed by atoms with Crippen molar-refractivity contribution in [1.82, 2.24) is 10.6 Å². The molecule has 2 aromatic rings. The molecule has 0 bridgehead atoms.